The highest BCUT2D eigenvalue weighted by atomic mass is 15.1. The van der Waals surface area contributed by atoms with Gasteiger partial charge in [-0.1, -0.05) is 136 Å². The third-order valence-corrected chi connectivity index (χ3v) is 10.6. The zero-order chi connectivity index (χ0) is 40.5. The van der Waals surface area contributed by atoms with E-state index in [0.717, 1.165) is 56.4 Å². The van der Waals surface area contributed by atoms with Gasteiger partial charge < -0.3 is 0 Å². The lowest BCUT2D eigenvalue weighted by atomic mass is 9.80. The molecule has 1 aromatic heterocycles. The van der Waals surface area contributed by atoms with E-state index in [1.54, 1.807) is 0 Å². The molecule has 8 aromatic carbocycles. The van der Waals surface area contributed by atoms with Crippen molar-refractivity contribution in [3.05, 3.63) is 168 Å². The number of imidazole rings is 1. The van der Waals surface area contributed by atoms with Crippen LogP contribution in [0.1, 0.15) is 48.7 Å². The van der Waals surface area contributed by atoms with Gasteiger partial charge in [-0.25, -0.2) is 4.98 Å². The van der Waals surface area contributed by atoms with Crippen LogP contribution in [0.5, 0.6) is 0 Å². The number of nitrogens with zero attached hydrogens (tertiary/aromatic N) is 2. The summed E-state index contributed by atoms with van der Waals surface area (Å²) < 4.78 is 75.4. The van der Waals surface area contributed by atoms with Crippen LogP contribution in [0.3, 0.4) is 0 Å². The van der Waals surface area contributed by atoms with Gasteiger partial charge in [-0.15, -0.1) is 0 Å². The Morgan fingerprint density at radius 3 is 1.90 bits per heavy atom. The zero-order valence-corrected chi connectivity index (χ0v) is 27.9. The molecule has 0 atom stereocenters. The first kappa shape index (κ1) is 21.9. The van der Waals surface area contributed by atoms with Gasteiger partial charge in [0.1, 0.15) is 5.82 Å². The number of aromatic nitrogens is 2. The number of rotatable bonds is 4. The Balaban J connectivity index is 1.29. The predicted molar refractivity (Wildman–Crippen MR) is 211 cm³/mol. The lowest BCUT2D eigenvalue weighted by molar-refractivity contribution is 0.660. The second kappa shape index (κ2) is 10.8. The molecule has 0 saturated heterocycles. The molecule has 0 unspecified atom stereocenters. The van der Waals surface area contributed by atoms with Gasteiger partial charge in [0.15, 0.2) is 0 Å². The zero-order valence-electron chi connectivity index (χ0n) is 35.9. The molecule has 1 aliphatic rings. The van der Waals surface area contributed by atoms with E-state index in [4.69, 9.17) is 10.5 Å². The lowest BCUT2D eigenvalue weighted by Crippen LogP contribution is -2.14. The minimum atomic E-state index is -0.417. The van der Waals surface area contributed by atoms with Crippen molar-refractivity contribution < 1.29 is 11.0 Å². The Labute approximate surface area is 303 Å². The summed E-state index contributed by atoms with van der Waals surface area (Å²) in [4.78, 5) is 4.86. The molecule has 0 N–H and O–H groups in total. The summed E-state index contributed by atoms with van der Waals surface area (Å²) in [6.45, 7) is 6.39. The molecule has 0 bridgehead atoms. The fourth-order valence-corrected chi connectivity index (χ4v) is 8.19. The summed E-state index contributed by atoms with van der Waals surface area (Å²) >= 11 is 0. The monoisotopic (exact) mass is 648 g/mol. The Kier molecular flexibility index (Phi) is 4.70. The van der Waals surface area contributed by atoms with Crippen molar-refractivity contribution in [3.8, 4) is 39.1 Å². The van der Waals surface area contributed by atoms with Crippen molar-refractivity contribution in [2.45, 2.75) is 32.6 Å². The molecule has 2 heteroatoms. The lowest BCUT2D eigenvalue weighted by Gasteiger charge is -2.23. The van der Waals surface area contributed by atoms with Gasteiger partial charge in [0.05, 0.1) is 22.0 Å². The van der Waals surface area contributed by atoms with E-state index in [-0.39, 0.29) is 51.1 Å². The number of aryl methyl sites for hydroxylation is 1. The van der Waals surface area contributed by atoms with Crippen molar-refractivity contribution in [1.82, 2.24) is 9.55 Å². The van der Waals surface area contributed by atoms with Crippen LogP contribution in [0.15, 0.2) is 151 Å². The number of para-hydroxylation sites is 2. The molecule has 0 fully saturated rings. The number of fused-ring (bicyclic) bond motifs is 7. The highest BCUT2D eigenvalue weighted by Gasteiger charge is 2.35. The highest BCUT2D eigenvalue weighted by Crippen LogP contribution is 2.51. The van der Waals surface area contributed by atoms with Crippen LogP contribution in [0.25, 0.3) is 82.4 Å². The molecule has 0 saturated carbocycles. The molecule has 0 amide bonds. The molecule has 10 rings (SSSR count). The van der Waals surface area contributed by atoms with E-state index in [1.807, 2.05) is 78.9 Å². The Morgan fingerprint density at radius 1 is 0.600 bits per heavy atom. The standard InChI is InChI=1S/C48H36N2/c1-4-45-49-43-19-11-12-20-44(43)50(45)34-25-23-30-27-32(22-21-31(30)28-34)46-37-14-5-7-16-39(37)47(40-17-8-6-15-38(40)46)33-24-26-36-35-13-9-10-18-41(35)48(2,3)42(36)29-33/h5-29H,4H2,1-3H3/i5D,6D,7D,8D,14D,15D,16D,17D. The van der Waals surface area contributed by atoms with Crippen molar-refractivity contribution in [2.75, 3.05) is 0 Å². The van der Waals surface area contributed by atoms with E-state index in [0.29, 0.717) is 22.3 Å². The molecule has 0 radical (unpaired) electrons. The maximum absolute atomic E-state index is 9.43. The normalized spacial score (nSPS) is 15.6. The van der Waals surface area contributed by atoms with Gasteiger partial charge >= 0.3 is 0 Å². The molecule has 0 aliphatic heterocycles. The maximum Gasteiger partial charge on any atom is 0.114 e. The largest absolute Gasteiger partial charge is 0.296 e. The summed E-state index contributed by atoms with van der Waals surface area (Å²) in [5, 5.41) is 2.61. The Hall–Kier alpha value is -5.99. The Bertz CT molecular complexity index is 3210. The topological polar surface area (TPSA) is 17.8 Å². The van der Waals surface area contributed by atoms with E-state index < -0.39 is 24.2 Å². The first-order chi connectivity index (χ1) is 27.8. The summed E-state index contributed by atoms with van der Waals surface area (Å²) in [5.41, 5.74) is 8.74. The van der Waals surface area contributed by atoms with Crippen LogP contribution >= 0.6 is 0 Å². The highest BCUT2D eigenvalue weighted by molar-refractivity contribution is 6.21. The predicted octanol–water partition coefficient (Wildman–Crippen LogP) is 12.7. The molecular formula is C48H36N2. The summed E-state index contributed by atoms with van der Waals surface area (Å²) in [5.74, 6) is 0.940. The first-order valence-corrected chi connectivity index (χ1v) is 17.0. The second-order valence-corrected chi connectivity index (χ2v) is 13.6. The fraction of sp³-hybridized carbons (Fsp3) is 0.104. The third kappa shape index (κ3) is 4.12. The smallest absolute Gasteiger partial charge is 0.114 e. The molecule has 1 aliphatic carbocycles. The van der Waals surface area contributed by atoms with E-state index in [9.17, 15) is 5.48 Å². The van der Waals surface area contributed by atoms with Crippen molar-refractivity contribution in [3.63, 3.8) is 0 Å². The molecule has 238 valence electrons. The van der Waals surface area contributed by atoms with Crippen LogP contribution in [-0.2, 0) is 11.8 Å². The van der Waals surface area contributed by atoms with E-state index in [2.05, 4.69) is 49.6 Å². The van der Waals surface area contributed by atoms with Crippen molar-refractivity contribution >= 4 is 43.4 Å². The molecule has 1 heterocycles. The second-order valence-electron chi connectivity index (χ2n) is 13.6. The molecule has 0 spiro atoms. The average Bonchev–Trinajstić information content (AvgIpc) is 3.73. The summed E-state index contributed by atoms with van der Waals surface area (Å²) in [7, 11) is 0. The van der Waals surface area contributed by atoms with Gasteiger partial charge in [0, 0.05) is 17.5 Å². The SMILES string of the molecule is [2H]c1c([2H])c([2H])c2c(-c3ccc4cc(-n5c(CC)nc6ccccc65)ccc4c3)c3c([2H])c([2H])c([2H])c([2H])c3c(-c3ccc4c(c3)C(C)(C)c3ccccc3-4)c2c1[2H]. The van der Waals surface area contributed by atoms with Gasteiger partial charge in [-0.2, -0.15) is 0 Å². The minimum Gasteiger partial charge on any atom is -0.296 e. The fourth-order valence-electron chi connectivity index (χ4n) is 8.19. The van der Waals surface area contributed by atoms with Crippen LogP contribution in [0.2, 0.25) is 0 Å². The van der Waals surface area contributed by atoms with Crippen LogP contribution < -0.4 is 0 Å². The van der Waals surface area contributed by atoms with Gasteiger partial charge in [0.2, 0.25) is 0 Å². The quantitative estimate of drug-likeness (QED) is 0.174. The van der Waals surface area contributed by atoms with E-state index >= 15 is 0 Å². The van der Waals surface area contributed by atoms with Gasteiger partial charge in [-0.3, -0.25) is 4.57 Å². The van der Waals surface area contributed by atoms with Gasteiger partial charge in [-0.05, 0) is 113 Å². The van der Waals surface area contributed by atoms with E-state index in [1.165, 1.54) is 5.56 Å². The van der Waals surface area contributed by atoms with Gasteiger partial charge in [0.25, 0.3) is 0 Å². The molecule has 50 heavy (non-hydrogen) atoms. The Morgan fingerprint density at radius 2 is 1.18 bits per heavy atom. The molecule has 9 aromatic rings. The van der Waals surface area contributed by atoms with Crippen molar-refractivity contribution in [1.29, 1.82) is 0 Å². The summed E-state index contributed by atoms with van der Waals surface area (Å²) in [6.07, 6.45) is 0.746. The van der Waals surface area contributed by atoms with Crippen molar-refractivity contribution in [2.24, 2.45) is 0 Å². The first-order valence-electron chi connectivity index (χ1n) is 21.0. The average molecular weight is 649 g/mol. The number of hydrogen-bond acceptors (Lipinski definition) is 1. The maximum atomic E-state index is 9.43. The van der Waals surface area contributed by atoms with Crippen LogP contribution in [0.4, 0.5) is 0 Å². The minimum absolute atomic E-state index is 0.204. The molecular weight excluding hydrogens is 605 g/mol. The third-order valence-electron chi connectivity index (χ3n) is 10.6. The van der Waals surface area contributed by atoms with Crippen LogP contribution in [0, 0.1) is 0 Å². The summed E-state index contributed by atoms with van der Waals surface area (Å²) in [6, 6.07) is 31.4. The molecule has 2 nitrogen and oxygen atoms in total. The van der Waals surface area contributed by atoms with Crippen LogP contribution in [-0.4, -0.2) is 9.55 Å². The number of benzene rings is 8. The number of hydrogen-bond donors (Lipinski definition) is 0.